The van der Waals surface area contributed by atoms with Gasteiger partial charge in [-0.2, -0.15) is 0 Å². The average molecular weight is 490 g/mol. The fraction of sp³-hybridized carbons (Fsp3) is 0.316. The highest BCUT2D eigenvalue weighted by Crippen LogP contribution is 2.24. The number of halogens is 2. The van der Waals surface area contributed by atoms with E-state index in [-0.39, 0.29) is 30.0 Å². The van der Waals surface area contributed by atoms with Crippen LogP contribution in [0.15, 0.2) is 53.5 Å². The Balaban J connectivity index is 0.00000338. The highest BCUT2D eigenvalue weighted by atomic mass is 127. The number of benzene rings is 2. The summed E-state index contributed by atoms with van der Waals surface area (Å²) in [6.07, 6.45) is 0. The SMILES string of the molecule is COCC(C)NC(N)=NCc1ccccc1COc1ccccc1Cl.I. The third kappa shape index (κ3) is 7.39. The van der Waals surface area contributed by atoms with Crippen LogP contribution < -0.4 is 15.8 Å². The van der Waals surface area contributed by atoms with Gasteiger partial charge in [0.15, 0.2) is 5.96 Å². The van der Waals surface area contributed by atoms with Gasteiger partial charge in [0.25, 0.3) is 0 Å². The summed E-state index contributed by atoms with van der Waals surface area (Å²) >= 11 is 6.13. The largest absolute Gasteiger partial charge is 0.487 e. The van der Waals surface area contributed by atoms with Crippen LogP contribution in [0.25, 0.3) is 0 Å². The Labute approximate surface area is 177 Å². The summed E-state index contributed by atoms with van der Waals surface area (Å²) in [5.74, 6) is 1.06. The summed E-state index contributed by atoms with van der Waals surface area (Å²) in [5, 5.41) is 3.69. The number of nitrogens with one attached hydrogen (secondary N) is 1. The zero-order chi connectivity index (χ0) is 18.1. The van der Waals surface area contributed by atoms with Crippen molar-refractivity contribution in [3.63, 3.8) is 0 Å². The Morgan fingerprint density at radius 3 is 2.50 bits per heavy atom. The van der Waals surface area contributed by atoms with Crippen molar-refractivity contribution in [1.29, 1.82) is 0 Å². The molecule has 2 aromatic rings. The monoisotopic (exact) mass is 489 g/mol. The minimum atomic E-state index is 0. The molecule has 26 heavy (non-hydrogen) atoms. The Morgan fingerprint density at radius 2 is 1.81 bits per heavy atom. The van der Waals surface area contributed by atoms with E-state index in [0.29, 0.717) is 36.5 Å². The lowest BCUT2D eigenvalue weighted by Gasteiger charge is -2.14. The summed E-state index contributed by atoms with van der Waals surface area (Å²) < 4.78 is 10.9. The van der Waals surface area contributed by atoms with E-state index in [1.54, 1.807) is 13.2 Å². The van der Waals surface area contributed by atoms with E-state index >= 15 is 0 Å². The zero-order valence-electron chi connectivity index (χ0n) is 14.9. The van der Waals surface area contributed by atoms with Gasteiger partial charge < -0.3 is 20.5 Å². The van der Waals surface area contributed by atoms with Crippen molar-refractivity contribution in [3.8, 4) is 5.75 Å². The van der Waals surface area contributed by atoms with Crippen molar-refractivity contribution in [1.82, 2.24) is 5.32 Å². The van der Waals surface area contributed by atoms with Crippen LogP contribution in [0.3, 0.4) is 0 Å². The van der Waals surface area contributed by atoms with Crippen molar-refractivity contribution < 1.29 is 9.47 Å². The van der Waals surface area contributed by atoms with Gasteiger partial charge in [-0.15, -0.1) is 24.0 Å². The van der Waals surface area contributed by atoms with Gasteiger partial charge >= 0.3 is 0 Å². The van der Waals surface area contributed by atoms with Crippen LogP contribution in [-0.2, 0) is 17.9 Å². The second-order valence-electron chi connectivity index (χ2n) is 5.69. The molecule has 2 rings (SSSR count). The maximum absolute atomic E-state index is 6.13. The summed E-state index contributed by atoms with van der Waals surface area (Å²) in [4.78, 5) is 4.40. The number of hydrogen-bond donors (Lipinski definition) is 2. The van der Waals surface area contributed by atoms with Gasteiger partial charge in [-0.3, -0.25) is 0 Å². The van der Waals surface area contributed by atoms with Gasteiger partial charge in [0.2, 0.25) is 0 Å². The smallest absolute Gasteiger partial charge is 0.189 e. The number of nitrogens with zero attached hydrogens (tertiary/aromatic N) is 1. The molecule has 0 bridgehead atoms. The Bertz CT molecular complexity index is 713. The fourth-order valence-electron chi connectivity index (χ4n) is 2.33. The summed E-state index contributed by atoms with van der Waals surface area (Å²) in [6.45, 7) is 3.44. The minimum Gasteiger partial charge on any atom is -0.487 e. The van der Waals surface area contributed by atoms with E-state index in [1.165, 1.54) is 0 Å². The molecule has 0 aliphatic rings. The quantitative estimate of drug-likeness (QED) is 0.334. The second kappa shape index (κ2) is 12.0. The number of nitrogens with two attached hydrogens (primary N) is 1. The average Bonchev–Trinajstić information content (AvgIpc) is 2.60. The number of rotatable bonds is 8. The number of aliphatic imine (C=N–C) groups is 1. The predicted octanol–water partition coefficient (Wildman–Crippen LogP) is 3.98. The Hall–Kier alpha value is -1.51. The number of para-hydroxylation sites is 1. The van der Waals surface area contributed by atoms with E-state index in [2.05, 4.69) is 10.3 Å². The van der Waals surface area contributed by atoms with Crippen LogP contribution in [0.4, 0.5) is 0 Å². The molecule has 0 amide bonds. The molecule has 0 radical (unpaired) electrons. The topological polar surface area (TPSA) is 68.9 Å². The molecule has 0 saturated heterocycles. The fourth-order valence-corrected chi connectivity index (χ4v) is 2.52. The van der Waals surface area contributed by atoms with Gasteiger partial charge in [0.1, 0.15) is 12.4 Å². The molecular weight excluding hydrogens is 465 g/mol. The van der Waals surface area contributed by atoms with Gasteiger partial charge in [0, 0.05) is 13.2 Å². The van der Waals surface area contributed by atoms with Crippen molar-refractivity contribution in [3.05, 3.63) is 64.7 Å². The third-order valence-corrected chi connectivity index (χ3v) is 3.88. The van der Waals surface area contributed by atoms with Gasteiger partial charge in [-0.25, -0.2) is 4.99 Å². The maximum Gasteiger partial charge on any atom is 0.189 e. The lowest BCUT2D eigenvalue weighted by atomic mass is 10.1. The van der Waals surface area contributed by atoms with E-state index < -0.39 is 0 Å². The van der Waals surface area contributed by atoms with Crippen molar-refractivity contribution in [2.75, 3.05) is 13.7 Å². The van der Waals surface area contributed by atoms with Crippen LogP contribution in [0.5, 0.6) is 5.75 Å². The van der Waals surface area contributed by atoms with Crippen LogP contribution >= 0.6 is 35.6 Å². The molecular formula is C19H25ClIN3O2. The standard InChI is InChI=1S/C19H24ClN3O2.HI/c1-14(12-24-2)23-19(21)22-11-15-7-3-4-8-16(15)13-25-18-10-6-5-9-17(18)20;/h3-10,14H,11-13H2,1-2H3,(H3,21,22,23);1H. The molecule has 0 aliphatic heterocycles. The Morgan fingerprint density at radius 1 is 1.15 bits per heavy atom. The number of methoxy groups -OCH3 is 1. The molecule has 0 aliphatic carbocycles. The second-order valence-corrected chi connectivity index (χ2v) is 6.10. The first-order valence-corrected chi connectivity index (χ1v) is 8.47. The molecule has 142 valence electrons. The molecule has 1 atom stereocenters. The van der Waals surface area contributed by atoms with E-state index in [1.807, 2.05) is 49.4 Å². The molecule has 0 heterocycles. The Kier molecular flexibility index (Phi) is 10.4. The third-order valence-electron chi connectivity index (χ3n) is 3.57. The molecule has 0 aromatic heterocycles. The van der Waals surface area contributed by atoms with Crippen LogP contribution in [-0.4, -0.2) is 25.7 Å². The minimum absolute atomic E-state index is 0. The summed E-state index contributed by atoms with van der Waals surface area (Å²) in [6, 6.07) is 15.5. The van der Waals surface area contributed by atoms with E-state index in [0.717, 1.165) is 11.1 Å². The van der Waals surface area contributed by atoms with Gasteiger partial charge in [-0.05, 0) is 30.2 Å². The van der Waals surface area contributed by atoms with Crippen molar-refractivity contribution in [2.45, 2.75) is 26.1 Å². The molecule has 7 heteroatoms. The van der Waals surface area contributed by atoms with Crippen LogP contribution in [0.1, 0.15) is 18.1 Å². The lowest BCUT2D eigenvalue weighted by molar-refractivity contribution is 0.179. The number of ether oxygens (including phenoxy) is 2. The summed E-state index contributed by atoms with van der Waals surface area (Å²) in [5.41, 5.74) is 8.02. The van der Waals surface area contributed by atoms with Crippen molar-refractivity contribution in [2.24, 2.45) is 10.7 Å². The highest BCUT2D eigenvalue weighted by molar-refractivity contribution is 14.0. The van der Waals surface area contributed by atoms with Crippen LogP contribution in [0.2, 0.25) is 5.02 Å². The lowest BCUT2D eigenvalue weighted by Crippen LogP contribution is -2.40. The zero-order valence-corrected chi connectivity index (χ0v) is 18.0. The first kappa shape index (κ1) is 22.5. The maximum atomic E-state index is 6.13. The molecule has 2 aromatic carbocycles. The molecule has 0 saturated carbocycles. The molecule has 3 N–H and O–H groups in total. The molecule has 0 fully saturated rings. The predicted molar refractivity (Wildman–Crippen MR) is 117 cm³/mol. The summed E-state index contributed by atoms with van der Waals surface area (Å²) in [7, 11) is 1.65. The first-order chi connectivity index (χ1) is 12.1. The number of guanidine groups is 1. The molecule has 1 unspecified atom stereocenters. The highest BCUT2D eigenvalue weighted by Gasteiger charge is 2.06. The van der Waals surface area contributed by atoms with Crippen molar-refractivity contribution >= 4 is 41.5 Å². The van der Waals surface area contributed by atoms with Gasteiger partial charge in [0.05, 0.1) is 18.2 Å². The first-order valence-electron chi connectivity index (χ1n) is 8.09. The molecule has 5 nitrogen and oxygen atoms in total. The van der Waals surface area contributed by atoms with E-state index in [4.69, 9.17) is 26.8 Å². The normalized spacial score (nSPS) is 12.2. The van der Waals surface area contributed by atoms with E-state index in [9.17, 15) is 0 Å². The van der Waals surface area contributed by atoms with Gasteiger partial charge in [-0.1, -0.05) is 48.0 Å². The molecule has 0 spiro atoms. The van der Waals surface area contributed by atoms with Crippen LogP contribution in [0, 0.1) is 0 Å². The number of hydrogen-bond acceptors (Lipinski definition) is 3.